The van der Waals surface area contributed by atoms with Gasteiger partial charge in [0, 0.05) is 0 Å². The van der Waals surface area contributed by atoms with Crippen LogP contribution in [0.3, 0.4) is 0 Å². The first-order valence-electron chi connectivity index (χ1n) is 5.22. The average molecular weight is 253 g/mol. The lowest BCUT2D eigenvalue weighted by atomic mass is 10.1. The van der Waals surface area contributed by atoms with Gasteiger partial charge in [-0.15, -0.1) is 11.6 Å². The molecule has 0 saturated heterocycles. The van der Waals surface area contributed by atoms with Crippen molar-refractivity contribution in [3.8, 4) is 0 Å². The largest absolute Gasteiger partial charge is 0.462 e. The maximum Gasteiger partial charge on any atom is 0.341 e. The van der Waals surface area contributed by atoms with Crippen LogP contribution in [0.15, 0.2) is 35.9 Å². The molecule has 0 aliphatic carbocycles. The van der Waals surface area contributed by atoms with E-state index in [1.54, 1.807) is 19.1 Å². The van der Waals surface area contributed by atoms with Gasteiger partial charge in [-0.3, -0.25) is 4.79 Å². The van der Waals surface area contributed by atoms with Crippen LogP contribution in [0.1, 0.15) is 12.5 Å². The third-order valence-corrected chi connectivity index (χ3v) is 2.27. The highest BCUT2D eigenvalue weighted by Crippen LogP contribution is 2.10. The number of Topliss-reactive ketones (excluding diaryl/α,β-unsaturated/α-hetero) is 1. The van der Waals surface area contributed by atoms with Crippen LogP contribution in [0.5, 0.6) is 0 Å². The number of esters is 1. The van der Waals surface area contributed by atoms with Gasteiger partial charge >= 0.3 is 5.97 Å². The van der Waals surface area contributed by atoms with Crippen molar-refractivity contribution in [2.24, 2.45) is 0 Å². The van der Waals surface area contributed by atoms with E-state index in [-0.39, 0.29) is 18.1 Å². The van der Waals surface area contributed by atoms with Gasteiger partial charge in [0.25, 0.3) is 0 Å². The fourth-order valence-electron chi connectivity index (χ4n) is 1.25. The van der Waals surface area contributed by atoms with Crippen molar-refractivity contribution >= 4 is 29.4 Å². The molecule has 0 aliphatic heterocycles. The van der Waals surface area contributed by atoms with Gasteiger partial charge in [-0.05, 0) is 18.6 Å². The first kappa shape index (κ1) is 13.5. The molecular weight excluding hydrogens is 240 g/mol. The number of halogens is 1. The zero-order valence-electron chi connectivity index (χ0n) is 9.48. The van der Waals surface area contributed by atoms with E-state index < -0.39 is 11.8 Å². The normalized spacial score (nSPS) is 11.1. The summed E-state index contributed by atoms with van der Waals surface area (Å²) in [6, 6.07) is 9.08. The van der Waals surface area contributed by atoms with E-state index in [1.165, 1.54) is 6.08 Å². The molecule has 0 spiro atoms. The van der Waals surface area contributed by atoms with Crippen LogP contribution in [-0.4, -0.2) is 24.2 Å². The molecule has 0 heterocycles. The monoisotopic (exact) mass is 252 g/mol. The summed E-state index contributed by atoms with van der Waals surface area (Å²) in [5.74, 6) is -1.31. The Kier molecular flexibility index (Phi) is 5.43. The van der Waals surface area contributed by atoms with Gasteiger partial charge in [0.05, 0.1) is 12.5 Å². The quantitative estimate of drug-likeness (QED) is 0.266. The lowest BCUT2D eigenvalue weighted by Gasteiger charge is -2.04. The molecule has 0 aromatic heterocycles. The predicted octanol–water partition coefficient (Wildman–Crippen LogP) is 2.44. The molecule has 0 amide bonds. The smallest absolute Gasteiger partial charge is 0.341 e. The minimum absolute atomic E-state index is 0.0203. The minimum atomic E-state index is -0.637. The number of benzene rings is 1. The van der Waals surface area contributed by atoms with Crippen LogP contribution in [0, 0.1) is 0 Å². The summed E-state index contributed by atoms with van der Waals surface area (Å²) in [7, 11) is 0. The van der Waals surface area contributed by atoms with Crippen LogP contribution < -0.4 is 0 Å². The second-order valence-electron chi connectivity index (χ2n) is 3.25. The number of alkyl halides is 1. The fraction of sp³-hybridized carbons (Fsp3) is 0.231. The van der Waals surface area contributed by atoms with Gasteiger partial charge in [0.1, 0.15) is 5.57 Å². The van der Waals surface area contributed by atoms with E-state index in [0.717, 1.165) is 5.56 Å². The maximum atomic E-state index is 11.6. The van der Waals surface area contributed by atoms with Crippen molar-refractivity contribution in [3.05, 3.63) is 41.5 Å². The maximum absolute atomic E-state index is 11.6. The molecule has 1 aromatic carbocycles. The molecule has 90 valence electrons. The third kappa shape index (κ3) is 4.04. The van der Waals surface area contributed by atoms with Crippen LogP contribution in [0.2, 0.25) is 0 Å². The number of hydrogen-bond acceptors (Lipinski definition) is 3. The van der Waals surface area contributed by atoms with E-state index in [2.05, 4.69) is 0 Å². The number of ether oxygens (including phenoxy) is 1. The zero-order valence-corrected chi connectivity index (χ0v) is 10.2. The Morgan fingerprint density at radius 3 is 2.47 bits per heavy atom. The Balaban J connectivity index is 3.02. The Morgan fingerprint density at radius 2 is 1.94 bits per heavy atom. The molecule has 0 unspecified atom stereocenters. The average Bonchev–Trinajstić information content (AvgIpc) is 2.36. The van der Waals surface area contributed by atoms with E-state index in [0.29, 0.717) is 0 Å². The van der Waals surface area contributed by atoms with Crippen LogP contribution in [0.25, 0.3) is 6.08 Å². The van der Waals surface area contributed by atoms with E-state index in [4.69, 9.17) is 16.3 Å². The van der Waals surface area contributed by atoms with Gasteiger partial charge < -0.3 is 4.74 Å². The predicted molar refractivity (Wildman–Crippen MR) is 66.8 cm³/mol. The highest BCUT2D eigenvalue weighted by molar-refractivity contribution is 6.35. The molecule has 0 saturated carbocycles. The number of rotatable bonds is 5. The summed E-state index contributed by atoms with van der Waals surface area (Å²) < 4.78 is 4.81. The van der Waals surface area contributed by atoms with Crippen LogP contribution in [0.4, 0.5) is 0 Å². The zero-order chi connectivity index (χ0) is 12.7. The molecule has 1 rings (SSSR count). The Labute approximate surface area is 105 Å². The van der Waals surface area contributed by atoms with Crippen LogP contribution >= 0.6 is 11.6 Å². The first-order chi connectivity index (χ1) is 8.19. The lowest BCUT2D eigenvalue weighted by molar-refractivity contribution is -0.139. The Hall–Kier alpha value is -1.61. The topological polar surface area (TPSA) is 43.4 Å². The number of ketones is 1. The number of hydrogen-bond donors (Lipinski definition) is 0. The van der Waals surface area contributed by atoms with E-state index >= 15 is 0 Å². The van der Waals surface area contributed by atoms with Gasteiger partial charge in [-0.25, -0.2) is 4.79 Å². The molecular formula is C13H13ClO3. The number of carbonyl (C=O) groups excluding carboxylic acids is 2. The third-order valence-electron chi connectivity index (χ3n) is 2.03. The minimum Gasteiger partial charge on any atom is -0.462 e. The molecule has 0 N–H and O–H groups in total. The molecule has 0 radical (unpaired) electrons. The molecule has 0 aliphatic rings. The van der Waals surface area contributed by atoms with Crippen molar-refractivity contribution in [2.75, 3.05) is 12.5 Å². The highest BCUT2D eigenvalue weighted by Gasteiger charge is 2.18. The molecule has 3 nitrogen and oxygen atoms in total. The van der Waals surface area contributed by atoms with Gasteiger partial charge in [0.2, 0.25) is 0 Å². The van der Waals surface area contributed by atoms with Crippen molar-refractivity contribution in [1.29, 1.82) is 0 Å². The van der Waals surface area contributed by atoms with Crippen molar-refractivity contribution in [3.63, 3.8) is 0 Å². The summed E-state index contributed by atoms with van der Waals surface area (Å²) in [5, 5.41) is 0. The summed E-state index contributed by atoms with van der Waals surface area (Å²) >= 11 is 5.46. The number of carbonyl (C=O) groups is 2. The molecule has 0 bridgehead atoms. The van der Waals surface area contributed by atoms with E-state index in [1.807, 2.05) is 18.2 Å². The van der Waals surface area contributed by atoms with Crippen molar-refractivity contribution < 1.29 is 14.3 Å². The molecule has 17 heavy (non-hydrogen) atoms. The summed E-state index contributed by atoms with van der Waals surface area (Å²) in [6.07, 6.45) is 1.49. The summed E-state index contributed by atoms with van der Waals surface area (Å²) in [6.45, 7) is 1.91. The summed E-state index contributed by atoms with van der Waals surface area (Å²) in [5.41, 5.74) is 0.738. The van der Waals surface area contributed by atoms with E-state index in [9.17, 15) is 9.59 Å². The van der Waals surface area contributed by atoms with Gasteiger partial charge in [0.15, 0.2) is 5.78 Å². The second-order valence-corrected chi connectivity index (χ2v) is 3.51. The Bertz CT molecular complexity index is 424. The SMILES string of the molecule is CCOC(=O)C(=Cc1ccccc1)C(=O)CCl. The molecule has 4 heteroatoms. The molecule has 1 aromatic rings. The standard InChI is InChI=1S/C13H13ClO3/c1-2-17-13(16)11(12(15)9-14)8-10-6-4-3-5-7-10/h3-8H,2,9H2,1H3. The van der Waals surface area contributed by atoms with Crippen LogP contribution in [-0.2, 0) is 14.3 Å². The summed E-state index contributed by atoms with van der Waals surface area (Å²) in [4.78, 5) is 23.1. The van der Waals surface area contributed by atoms with Gasteiger partial charge in [-0.2, -0.15) is 0 Å². The van der Waals surface area contributed by atoms with Crippen molar-refractivity contribution in [2.45, 2.75) is 6.92 Å². The Morgan fingerprint density at radius 1 is 1.29 bits per heavy atom. The highest BCUT2D eigenvalue weighted by atomic mass is 35.5. The second kappa shape index (κ2) is 6.86. The molecule has 0 atom stereocenters. The first-order valence-corrected chi connectivity index (χ1v) is 5.75. The van der Waals surface area contributed by atoms with Crippen molar-refractivity contribution in [1.82, 2.24) is 0 Å². The fourth-order valence-corrected chi connectivity index (χ4v) is 1.39. The van der Waals surface area contributed by atoms with Gasteiger partial charge in [-0.1, -0.05) is 30.3 Å². The molecule has 0 fully saturated rings. The lowest BCUT2D eigenvalue weighted by Crippen LogP contribution is -2.16.